The first-order valence-electron chi connectivity index (χ1n) is 7.45. The van der Waals surface area contributed by atoms with Crippen LogP contribution in [0, 0.1) is 0 Å². The van der Waals surface area contributed by atoms with Gasteiger partial charge in [0.05, 0.1) is 13.2 Å². The second kappa shape index (κ2) is 8.55. The Hall–Kier alpha value is -2.05. The summed E-state index contributed by atoms with van der Waals surface area (Å²) in [6.07, 6.45) is 0. The van der Waals surface area contributed by atoms with E-state index in [0.717, 1.165) is 11.3 Å². The predicted octanol–water partition coefficient (Wildman–Crippen LogP) is 2.86. The molecule has 1 aromatic heterocycles. The van der Waals surface area contributed by atoms with Crippen LogP contribution in [0.5, 0.6) is 5.75 Å². The maximum Gasteiger partial charge on any atom is 0.315 e. The lowest BCUT2D eigenvalue weighted by molar-refractivity contribution is 0.233. The summed E-state index contributed by atoms with van der Waals surface area (Å²) >= 11 is 1.70. The smallest absolute Gasteiger partial charge is 0.315 e. The third-order valence-corrected chi connectivity index (χ3v) is 4.56. The number of ether oxygens (including phenoxy) is 1. The minimum absolute atomic E-state index is 0.173. The Morgan fingerprint density at radius 1 is 1.22 bits per heavy atom. The van der Waals surface area contributed by atoms with Gasteiger partial charge in [-0.05, 0) is 31.6 Å². The van der Waals surface area contributed by atoms with E-state index in [1.54, 1.807) is 18.4 Å². The van der Waals surface area contributed by atoms with Gasteiger partial charge in [-0.15, -0.1) is 11.3 Å². The monoisotopic (exact) mass is 333 g/mol. The molecular formula is C17H23N3O2S. The molecule has 124 valence electrons. The number of methoxy groups -OCH3 is 1. The zero-order valence-electron chi connectivity index (χ0n) is 13.7. The van der Waals surface area contributed by atoms with Gasteiger partial charge in [0.15, 0.2) is 0 Å². The molecule has 0 radical (unpaired) electrons. The average Bonchev–Trinajstić information content (AvgIpc) is 3.07. The largest absolute Gasteiger partial charge is 0.496 e. The molecule has 2 amide bonds. The molecule has 0 aliphatic heterocycles. The van der Waals surface area contributed by atoms with Gasteiger partial charge < -0.3 is 20.3 Å². The molecule has 0 aliphatic carbocycles. The number of para-hydroxylation sites is 1. The second-order valence-corrected chi connectivity index (χ2v) is 6.35. The molecule has 0 fully saturated rings. The highest BCUT2D eigenvalue weighted by molar-refractivity contribution is 7.10. The molecule has 6 heteroatoms. The van der Waals surface area contributed by atoms with Crippen molar-refractivity contribution >= 4 is 17.4 Å². The number of amides is 2. The van der Waals surface area contributed by atoms with Crippen molar-refractivity contribution in [2.24, 2.45) is 0 Å². The first-order chi connectivity index (χ1) is 11.1. The molecule has 0 bridgehead atoms. The number of benzene rings is 1. The van der Waals surface area contributed by atoms with E-state index in [4.69, 9.17) is 4.74 Å². The van der Waals surface area contributed by atoms with E-state index >= 15 is 0 Å². The summed E-state index contributed by atoms with van der Waals surface area (Å²) in [5.41, 5.74) is 0.951. The zero-order chi connectivity index (χ0) is 16.7. The van der Waals surface area contributed by atoms with Gasteiger partial charge in [0.2, 0.25) is 0 Å². The molecule has 23 heavy (non-hydrogen) atoms. The van der Waals surface area contributed by atoms with Crippen LogP contribution < -0.4 is 15.4 Å². The molecule has 1 unspecified atom stereocenters. The summed E-state index contributed by atoms with van der Waals surface area (Å²) in [5.74, 6) is 0.776. The van der Waals surface area contributed by atoms with Gasteiger partial charge in [-0.1, -0.05) is 24.3 Å². The third-order valence-electron chi connectivity index (χ3n) is 3.58. The fourth-order valence-corrected chi connectivity index (χ4v) is 3.22. The molecule has 1 aromatic carbocycles. The Balaban J connectivity index is 1.85. The second-order valence-electron chi connectivity index (χ2n) is 5.37. The van der Waals surface area contributed by atoms with Crippen molar-refractivity contribution in [1.82, 2.24) is 15.5 Å². The number of rotatable bonds is 7. The topological polar surface area (TPSA) is 53.6 Å². The Bertz CT molecular complexity index is 614. The van der Waals surface area contributed by atoms with Gasteiger partial charge in [-0.25, -0.2) is 4.79 Å². The van der Waals surface area contributed by atoms with Gasteiger partial charge in [0.25, 0.3) is 0 Å². The summed E-state index contributed by atoms with van der Waals surface area (Å²) in [5, 5.41) is 7.85. The van der Waals surface area contributed by atoms with Crippen LogP contribution in [0.4, 0.5) is 4.79 Å². The summed E-state index contributed by atoms with van der Waals surface area (Å²) in [6.45, 7) is 0.993. The lowest BCUT2D eigenvalue weighted by atomic mass is 10.2. The maximum absolute atomic E-state index is 12.0. The quantitative estimate of drug-likeness (QED) is 0.819. The Morgan fingerprint density at radius 3 is 2.65 bits per heavy atom. The van der Waals surface area contributed by atoms with Crippen molar-refractivity contribution in [1.29, 1.82) is 0 Å². The molecule has 1 atom stereocenters. The van der Waals surface area contributed by atoms with E-state index in [1.165, 1.54) is 4.88 Å². The summed E-state index contributed by atoms with van der Waals surface area (Å²) in [6, 6.07) is 11.8. The molecule has 1 heterocycles. The Kier molecular flexibility index (Phi) is 6.43. The van der Waals surface area contributed by atoms with E-state index in [9.17, 15) is 4.79 Å². The van der Waals surface area contributed by atoms with E-state index in [-0.39, 0.29) is 12.1 Å². The highest BCUT2D eigenvalue weighted by Crippen LogP contribution is 2.22. The SMILES string of the molecule is COc1ccccc1CNC(=O)NCC(c1cccs1)N(C)C. The van der Waals surface area contributed by atoms with Crippen LogP contribution in [-0.2, 0) is 6.54 Å². The summed E-state index contributed by atoms with van der Waals surface area (Å²) < 4.78 is 5.28. The van der Waals surface area contributed by atoms with Crippen molar-refractivity contribution in [2.75, 3.05) is 27.7 Å². The zero-order valence-corrected chi connectivity index (χ0v) is 14.5. The number of carbonyl (C=O) groups is 1. The molecule has 2 aromatic rings. The fraction of sp³-hybridized carbons (Fsp3) is 0.353. The number of urea groups is 1. The lowest BCUT2D eigenvalue weighted by Crippen LogP contribution is -2.40. The average molecular weight is 333 g/mol. The van der Waals surface area contributed by atoms with Crippen molar-refractivity contribution in [2.45, 2.75) is 12.6 Å². The van der Waals surface area contributed by atoms with Crippen LogP contribution in [0.25, 0.3) is 0 Å². The minimum Gasteiger partial charge on any atom is -0.496 e. The van der Waals surface area contributed by atoms with Crippen molar-refractivity contribution in [3.05, 3.63) is 52.2 Å². The van der Waals surface area contributed by atoms with Crippen LogP contribution in [0.3, 0.4) is 0 Å². The Labute approximate surface area is 141 Å². The molecule has 5 nitrogen and oxygen atoms in total. The number of nitrogens with zero attached hydrogens (tertiary/aromatic N) is 1. The minimum atomic E-state index is -0.181. The predicted molar refractivity (Wildman–Crippen MR) is 94.0 cm³/mol. The van der Waals surface area contributed by atoms with Crippen molar-refractivity contribution in [3.63, 3.8) is 0 Å². The molecule has 0 saturated heterocycles. The molecular weight excluding hydrogens is 310 g/mol. The van der Waals surface area contributed by atoms with E-state index < -0.39 is 0 Å². The lowest BCUT2D eigenvalue weighted by Gasteiger charge is -2.23. The molecule has 0 saturated carbocycles. The van der Waals surface area contributed by atoms with E-state index in [1.807, 2.05) is 49.8 Å². The van der Waals surface area contributed by atoms with E-state index in [0.29, 0.717) is 13.1 Å². The van der Waals surface area contributed by atoms with Gasteiger partial charge in [0, 0.05) is 23.5 Å². The number of thiophene rings is 1. The van der Waals surface area contributed by atoms with Gasteiger partial charge in [-0.2, -0.15) is 0 Å². The summed E-state index contributed by atoms with van der Waals surface area (Å²) in [4.78, 5) is 15.4. The van der Waals surface area contributed by atoms with Gasteiger partial charge >= 0.3 is 6.03 Å². The van der Waals surface area contributed by atoms with Gasteiger partial charge in [-0.3, -0.25) is 0 Å². The molecule has 0 aliphatic rings. The van der Waals surface area contributed by atoms with Gasteiger partial charge in [0.1, 0.15) is 5.75 Å². The number of hydrogen-bond acceptors (Lipinski definition) is 4. The van der Waals surface area contributed by atoms with Crippen LogP contribution >= 0.6 is 11.3 Å². The third kappa shape index (κ3) is 4.97. The Morgan fingerprint density at radius 2 is 2.00 bits per heavy atom. The fourth-order valence-electron chi connectivity index (χ4n) is 2.29. The van der Waals surface area contributed by atoms with Crippen molar-refractivity contribution in [3.8, 4) is 5.75 Å². The molecule has 2 N–H and O–H groups in total. The molecule has 2 rings (SSSR count). The van der Waals surface area contributed by atoms with Crippen LogP contribution in [-0.4, -0.2) is 38.7 Å². The highest BCUT2D eigenvalue weighted by atomic mass is 32.1. The van der Waals surface area contributed by atoms with Crippen LogP contribution in [0.1, 0.15) is 16.5 Å². The highest BCUT2D eigenvalue weighted by Gasteiger charge is 2.16. The molecule has 0 spiro atoms. The number of carbonyl (C=O) groups excluding carboxylic acids is 1. The first kappa shape index (κ1) is 17.3. The normalized spacial score (nSPS) is 12.0. The van der Waals surface area contributed by atoms with Crippen LogP contribution in [0.15, 0.2) is 41.8 Å². The maximum atomic E-state index is 12.0. The number of nitrogens with one attached hydrogen (secondary N) is 2. The van der Waals surface area contributed by atoms with E-state index in [2.05, 4.69) is 21.6 Å². The summed E-state index contributed by atoms with van der Waals surface area (Å²) in [7, 11) is 5.65. The standard InChI is InChI=1S/C17H23N3O2S/c1-20(2)14(16-9-6-10-23-16)12-19-17(21)18-11-13-7-4-5-8-15(13)22-3/h4-10,14H,11-12H2,1-3H3,(H2,18,19,21). The number of hydrogen-bond donors (Lipinski definition) is 2. The first-order valence-corrected chi connectivity index (χ1v) is 8.33. The van der Waals surface area contributed by atoms with Crippen molar-refractivity contribution < 1.29 is 9.53 Å². The number of likely N-dealkylation sites (N-methyl/N-ethyl adjacent to an activating group) is 1. The van der Waals surface area contributed by atoms with Crippen LogP contribution in [0.2, 0.25) is 0 Å².